The number of carbonyl (C=O) groups excluding carboxylic acids is 1. The summed E-state index contributed by atoms with van der Waals surface area (Å²) >= 11 is 6.16. The maximum atomic E-state index is 13.1. The summed E-state index contributed by atoms with van der Waals surface area (Å²) in [6, 6.07) is 10.9. The van der Waals surface area contributed by atoms with Crippen LogP contribution in [0.15, 0.2) is 58.5 Å². The van der Waals surface area contributed by atoms with Crippen LogP contribution in [0.5, 0.6) is 0 Å². The van der Waals surface area contributed by atoms with Gasteiger partial charge in [0, 0.05) is 17.6 Å². The molecule has 0 radical (unpaired) electrons. The number of pyridine rings is 1. The van der Waals surface area contributed by atoms with Gasteiger partial charge in [0.15, 0.2) is 5.82 Å². The first kappa shape index (κ1) is 20.2. The van der Waals surface area contributed by atoms with Crippen LogP contribution in [0.25, 0.3) is 5.82 Å². The molecule has 0 atom stereocenters. The zero-order chi connectivity index (χ0) is 20.7. The number of sulfone groups is 1. The minimum atomic E-state index is -4.05. The van der Waals surface area contributed by atoms with Gasteiger partial charge in [-0.3, -0.25) is 4.79 Å². The second-order valence-electron chi connectivity index (χ2n) is 7.22. The third-order valence-corrected chi connectivity index (χ3v) is 7.98. The van der Waals surface area contributed by atoms with E-state index in [-0.39, 0.29) is 26.3 Å². The molecule has 0 fully saturated rings. The molecule has 146 valence electrons. The summed E-state index contributed by atoms with van der Waals surface area (Å²) in [6.45, 7) is 6.42. The summed E-state index contributed by atoms with van der Waals surface area (Å²) in [4.78, 5) is 15.8. The minimum absolute atomic E-state index is 0.0222. The number of carbonyl (C=O) groups is 1. The molecule has 0 bridgehead atoms. The van der Waals surface area contributed by atoms with E-state index in [2.05, 4.69) is 29.7 Å². The van der Waals surface area contributed by atoms with Crippen molar-refractivity contribution in [1.29, 1.82) is 0 Å². The lowest BCUT2D eigenvalue weighted by Gasteiger charge is -2.13. The molecule has 28 heavy (non-hydrogen) atoms. The highest BCUT2D eigenvalue weighted by Gasteiger charge is 2.28. The largest absolute Gasteiger partial charge is 0.365 e. The van der Waals surface area contributed by atoms with Crippen LogP contribution < -0.4 is 11.1 Å². The lowest BCUT2D eigenvalue weighted by atomic mass is 10.2. The van der Waals surface area contributed by atoms with Crippen LogP contribution in [-0.4, -0.2) is 37.2 Å². The lowest BCUT2D eigenvalue weighted by Crippen LogP contribution is -2.39. The Bertz CT molecular complexity index is 1160. The van der Waals surface area contributed by atoms with Crippen LogP contribution in [-0.2, 0) is 9.84 Å². The number of hydrogen-bond acceptors (Lipinski definition) is 5. The number of amides is 1. The van der Waals surface area contributed by atoms with Crippen LogP contribution in [0.3, 0.4) is 0 Å². The molecule has 3 aromatic rings. The Hall–Kier alpha value is -2.49. The first-order chi connectivity index (χ1) is 13.0. The van der Waals surface area contributed by atoms with E-state index in [0.29, 0.717) is 0 Å². The van der Waals surface area contributed by atoms with E-state index in [0.717, 1.165) is 5.32 Å². The molecule has 7 nitrogen and oxygen atoms in total. The monoisotopic (exact) mass is 434 g/mol. The molecule has 0 spiro atoms. The van der Waals surface area contributed by atoms with Crippen molar-refractivity contribution in [1.82, 2.24) is 14.8 Å². The molecule has 0 aliphatic heterocycles. The lowest BCUT2D eigenvalue weighted by molar-refractivity contribution is 0.0997. The van der Waals surface area contributed by atoms with E-state index >= 15 is 0 Å². The van der Waals surface area contributed by atoms with E-state index in [1.807, 2.05) is 6.07 Å². The van der Waals surface area contributed by atoms with E-state index in [9.17, 15) is 13.2 Å². The molecule has 1 amide bonds. The smallest absolute Gasteiger partial charge is 0.253 e. The third-order valence-electron chi connectivity index (χ3n) is 4.11. The first-order valence-electron chi connectivity index (χ1n) is 8.39. The normalized spacial score (nSPS) is 12.1. The summed E-state index contributed by atoms with van der Waals surface area (Å²) in [6.07, 6.45) is 1.69. The van der Waals surface area contributed by atoms with Crippen LogP contribution in [0, 0.1) is 0 Å². The van der Waals surface area contributed by atoms with E-state index in [1.165, 1.54) is 22.9 Å². The van der Waals surface area contributed by atoms with Gasteiger partial charge in [-0.1, -0.05) is 49.4 Å². The molecule has 0 aliphatic rings. The number of nitrogens with two attached hydrogens (primary N) is 1. The summed E-state index contributed by atoms with van der Waals surface area (Å²) in [5, 5.41) is 5.15. The van der Waals surface area contributed by atoms with Gasteiger partial charge in [0.2, 0.25) is 9.84 Å². The first-order valence-corrected chi connectivity index (χ1v) is 13.7. The van der Waals surface area contributed by atoms with Crippen LogP contribution in [0.2, 0.25) is 24.8 Å². The fraction of sp³-hybridized carbons (Fsp3) is 0.167. The van der Waals surface area contributed by atoms with Gasteiger partial charge >= 0.3 is 0 Å². The highest BCUT2D eigenvalue weighted by atomic mass is 35.5. The second kappa shape index (κ2) is 7.15. The Morgan fingerprint density at radius 1 is 1.14 bits per heavy atom. The predicted molar refractivity (Wildman–Crippen MR) is 110 cm³/mol. The molecule has 1 aromatic carbocycles. The predicted octanol–water partition coefficient (Wildman–Crippen LogP) is 2.40. The van der Waals surface area contributed by atoms with Crippen molar-refractivity contribution in [2.24, 2.45) is 5.73 Å². The fourth-order valence-corrected chi connectivity index (χ4v) is 5.43. The number of nitrogens with zero attached hydrogens (tertiary/aromatic N) is 3. The molecule has 0 saturated heterocycles. The topological polar surface area (TPSA) is 108 Å². The van der Waals surface area contributed by atoms with Gasteiger partial charge in [0.25, 0.3) is 5.91 Å². The molecule has 0 aliphatic carbocycles. The van der Waals surface area contributed by atoms with Crippen molar-refractivity contribution in [3.8, 4) is 5.82 Å². The molecular weight excluding hydrogens is 416 g/mol. The standard InChI is InChI=1S/C18H19ClN4O3SSi/c1-28(2,3)15-9-10-23(22-15)14-11-13(16(18(20)24)17(19)21-14)27(25,26)12-7-5-4-6-8-12/h4-11H,1-3H3,(H2,20,24). The van der Waals surface area contributed by atoms with Crippen molar-refractivity contribution in [3.05, 3.63) is 59.4 Å². The summed E-state index contributed by atoms with van der Waals surface area (Å²) in [5.74, 6) is -0.782. The molecule has 0 unspecified atom stereocenters. The Balaban J connectivity index is 2.25. The van der Waals surface area contributed by atoms with Crippen molar-refractivity contribution in [2.45, 2.75) is 29.4 Å². The highest BCUT2D eigenvalue weighted by Crippen LogP contribution is 2.29. The molecular formula is C18H19ClN4O3SSi. The van der Waals surface area contributed by atoms with Gasteiger partial charge in [-0.2, -0.15) is 5.10 Å². The number of hydrogen-bond donors (Lipinski definition) is 1. The molecule has 10 heteroatoms. The highest BCUT2D eigenvalue weighted by molar-refractivity contribution is 7.91. The number of halogens is 1. The Morgan fingerprint density at radius 3 is 2.32 bits per heavy atom. The van der Waals surface area contributed by atoms with E-state index < -0.39 is 23.8 Å². The molecule has 0 saturated carbocycles. The van der Waals surface area contributed by atoms with Gasteiger partial charge < -0.3 is 5.73 Å². The number of aromatic nitrogens is 3. The van der Waals surface area contributed by atoms with Crippen LogP contribution in [0.4, 0.5) is 0 Å². The third kappa shape index (κ3) is 3.73. The summed E-state index contributed by atoms with van der Waals surface area (Å²) in [7, 11) is -5.72. The van der Waals surface area contributed by atoms with Gasteiger partial charge in [-0.25, -0.2) is 18.1 Å². The Morgan fingerprint density at radius 2 is 1.79 bits per heavy atom. The second-order valence-corrected chi connectivity index (χ2v) is 14.5. The fourth-order valence-electron chi connectivity index (χ4n) is 2.61. The Kier molecular flexibility index (Phi) is 5.17. The number of benzene rings is 1. The minimum Gasteiger partial charge on any atom is -0.365 e. The summed E-state index contributed by atoms with van der Waals surface area (Å²) in [5.41, 5.74) is 5.05. The average molecular weight is 435 g/mol. The summed E-state index contributed by atoms with van der Waals surface area (Å²) < 4.78 is 27.7. The molecule has 2 N–H and O–H groups in total. The van der Waals surface area contributed by atoms with Crippen molar-refractivity contribution >= 4 is 40.7 Å². The SMILES string of the molecule is C[Si](C)(C)c1ccn(-c2cc(S(=O)(=O)c3ccccc3)c(C(N)=O)c(Cl)n2)n1. The van der Waals surface area contributed by atoms with E-state index in [4.69, 9.17) is 17.3 Å². The Labute approximate surface area is 169 Å². The molecule has 3 rings (SSSR count). The molecule has 2 heterocycles. The molecule has 2 aromatic heterocycles. The number of rotatable bonds is 5. The average Bonchev–Trinajstić information content (AvgIpc) is 3.12. The van der Waals surface area contributed by atoms with Crippen molar-refractivity contribution < 1.29 is 13.2 Å². The quantitative estimate of drug-likeness (QED) is 0.490. The van der Waals surface area contributed by atoms with Crippen molar-refractivity contribution in [2.75, 3.05) is 0 Å². The van der Waals surface area contributed by atoms with E-state index in [1.54, 1.807) is 24.4 Å². The number of primary amides is 1. The maximum absolute atomic E-state index is 13.1. The maximum Gasteiger partial charge on any atom is 0.253 e. The zero-order valence-corrected chi connectivity index (χ0v) is 18.1. The van der Waals surface area contributed by atoms with Gasteiger partial charge in [-0.15, -0.1) is 0 Å². The van der Waals surface area contributed by atoms with Gasteiger partial charge in [0.1, 0.15) is 13.2 Å². The van der Waals surface area contributed by atoms with Crippen molar-refractivity contribution in [3.63, 3.8) is 0 Å². The van der Waals surface area contributed by atoms with Crippen LogP contribution >= 0.6 is 11.6 Å². The van der Waals surface area contributed by atoms with Crippen LogP contribution in [0.1, 0.15) is 10.4 Å². The van der Waals surface area contributed by atoms with Gasteiger partial charge in [0.05, 0.1) is 15.4 Å². The zero-order valence-electron chi connectivity index (χ0n) is 15.5. The van der Waals surface area contributed by atoms with Gasteiger partial charge in [-0.05, 0) is 18.2 Å².